The average molecular weight is 497 g/mol. The molecule has 0 spiro atoms. The van der Waals surface area contributed by atoms with Crippen LogP contribution in [0.1, 0.15) is 12.0 Å². The third kappa shape index (κ3) is 5.73. The summed E-state index contributed by atoms with van der Waals surface area (Å²) in [6, 6.07) is 16.1. The van der Waals surface area contributed by atoms with Crippen LogP contribution in [-0.2, 0) is 6.54 Å². The van der Waals surface area contributed by atoms with E-state index < -0.39 is 0 Å². The summed E-state index contributed by atoms with van der Waals surface area (Å²) in [5.41, 5.74) is 2.73. The number of rotatable bonds is 5. The molecule has 0 bridgehead atoms. The van der Waals surface area contributed by atoms with E-state index in [1.54, 1.807) is 24.1 Å². The lowest BCUT2D eigenvalue weighted by Gasteiger charge is -2.20. The molecule has 0 radical (unpaired) electrons. The van der Waals surface area contributed by atoms with E-state index in [2.05, 4.69) is 44.8 Å². The molecule has 1 heterocycles. The van der Waals surface area contributed by atoms with Gasteiger partial charge in [-0.2, -0.15) is 0 Å². The largest absolute Gasteiger partial charge is 0.375 e. The van der Waals surface area contributed by atoms with Crippen molar-refractivity contribution in [3.05, 3.63) is 59.9 Å². The summed E-state index contributed by atoms with van der Waals surface area (Å²) in [4.78, 5) is 8.45. The predicted molar refractivity (Wildman–Crippen MR) is 127 cm³/mol. The number of benzene rings is 2. The number of para-hydroxylation sites is 1. The highest BCUT2D eigenvalue weighted by atomic mass is 127. The Kier molecular flexibility index (Phi) is 8.35. The van der Waals surface area contributed by atoms with E-state index in [1.165, 1.54) is 5.69 Å². The lowest BCUT2D eigenvalue weighted by molar-refractivity contribution is 0.621. The van der Waals surface area contributed by atoms with Gasteiger partial charge in [-0.3, -0.25) is 4.99 Å². The Labute approximate surface area is 184 Å². The molecule has 1 fully saturated rings. The van der Waals surface area contributed by atoms with Crippen molar-refractivity contribution in [3.8, 4) is 0 Å². The third-order valence-corrected chi connectivity index (χ3v) is 4.83. The molecular weight excluding hydrogens is 468 g/mol. The van der Waals surface area contributed by atoms with Crippen LogP contribution in [0.25, 0.3) is 0 Å². The highest BCUT2D eigenvalue weighted by Crippen LogP contribution is 2.20. The van der Waals surface area contributed by atoms with Gasteiger partial charge in [0.05, 0.1) is 5.69 Å². The predicted octanol–water partition coefficient (Wildman–Crippen LogP) is 3.45. The number of anilines is 2. The molecular formula is C21H29FIN5. The molecule has 2 aromatic carbocycles. The number of guanidine groups is 1. The van der Waals surface area contributed by atoms with E-state index in [1.807, 2.05) is 26.2 Å². The fraction of sp³-hybridized carbons (Fsp3) is 0.381. The quantitative estimate of drug-likeness (QED) is 0.378. The second kappa shape index (κ2) is 10.5. The second-order valence-corrected chi connectivity index (χ2v) is 7.02. The van der Waals surface area contributed by atoms with Crippen LogP contribution in [0, 0.1) is 5.82 Å². The van der Waals surface area contributed by atoms with Gasteiger partial charge in [0.1, 0.15) is 5.82 Å². The molecule has 5 nitrogen and oxygen atoms in total. The second-order valence-electron chi connectivity index (χ2n) is 7.02. The van der Waals surface area contributed by atoms with Crippen LogP contribution < -0.4 is 20.4 Å². The Morgan fingerprint density at radius 1 is 1.21 bits per heavy atom. The maximum absolute atomic E-state index is 14.1. The van der Waals surface area contributed by atoms with E-state index in [0.717, 1.165) is 31.0 Å². The average Bonchev–Trinajstić information content (AvgIpc) is 3.14. The molecule has 1 unspecified atom stereocenters. The Hall–Kier alpha value is -2.03. The van der Waals surface area contributed by atoms with E-state index in [4.69, 9.17) is 0 Å². The number of hydrogen-bond donors (Lipinski definition) is 2. The molecule has 1 atom stereocenters. The first-order valence-electron chi connectivity index (χ1n) is 9.29. The molecule has 28 heavy (non-hydrogen) atoms. The summed E-state index contributed by atoms with van der Waals surface area (Å²) < 4.78 is 14.1. The van der Waals surface area contributed by atoms with Crippen LogP contribution in [0.3, 0.4) is 0 Å². The summed E-state index contributed by atoms with van der Waals surface area (Å²) >= 11 is 0. The van der Waals surface area contributed by atoms with Gasteiger partial charge in [0.25, 0.3) is 0 Å². The van der Waals surface area contributed by atoms with Crippen molar-refractivity contribution in [1.29, 1.82) is 0 Å². The van der Waals surface area contributed by atoms with Gasteiger partial charge in [-0.15, -0.1) is 24.0 Å². The van der Waals surface area contributed by atoms with Crippen molar-refractivity contribution in [2.75, 3.05) is 44.0 Å². The zero-order valence-corrected chi connectivity index (χ0v) is 19.0. The van der Waals surface area contributed by atoms with Crippen LogP contribution >= 0.6 is 24.0 Å². The van der Waals surface area contributed by atoms with Crippen molar-refractivity contribution in [2.24, 2.45) is 4.99 Å². The Bertz CT molecular complexity index is 782. The van der Waals surface area contributed by atoms with Gasteiger partial charge in [0.2, 0.25) is 0 Å². The summed E-state index contributed by atoms with van der Waals surface area (Å²) in [5, 5.41) is 6.76. The van der Waals surface area contributed by atoms with Crippen LogP contribution in [0.2, 0.25) is 0 Å². The normalized spacial score (nSPS) is 16.5. The number of halogens is 2. The van der Waals surface area contributed by atoms with Crippen LogP contribution in [-0.4, -0.2) is 46.2 Å². The first kappa shape index (κ1) is 22.3. The minimum absolute atomic E-state index is 0. The molecule has 0 amide bonds. The number of nitrogens with one attached hydrogen (secondary N) is 2. The van der Waals surface area contributed by atoms with Crippen LogP contribution in [0.5, 0.6) is 0 Å². The minimum Gasteiger partial charge on any atom is -0.375 e. The smallest absolute Gasteiger partial charge is 0.191 e. The lowest BCUT2D eigenvalue weighted by atomic mass is 10.2. The van der Waals surface area contributed by atoms with Gasteiger partial charge in [-0.1, -0.05) is 24.3 Å². The summed E-state index contributed by atoms with van der Waals surface area (Å²) in [7, 11) is 5.43. The molecule has 0 saturated carbocycles. The molecule has 0 aliphatic carbocycles. The molecule has 1 saturated heterocycles. The Morgan fingerprint density at radius 2 is 1.96 bits per heavy atom. The molecule has 1 aliphatic heterocycles. The fourth-order valence-corrected chi connectivity index (χ4v) is 3.35. The minimum atomic E-state index is -0.212. The van der Waals surface area contributed by atoms with Gasteiger partial charge in [-0.25, -0.2) is 4.39 Å². The van der Waals surface area contributed by atoms with Gasteiger partial charge in [0, 0.05) is 52.5 Å². The van der Waals surface area contributed by atoms with Gasteiger partial charge >= 0.3 is 0 Å². The monoisotopic (exact) mass is 497 g/mol. The fourth-order valence-electron chi connectivity index (χ4n) is 3.35. The van der Waals surface area contributed by atoms with Crippen molar-refractivity contribution < 1.29 is 4.39 Å². The number of hydrogen-bond acceptors (Lipinski definition) is 3. The highest BCUT2D eigenvalue weighted by molar-refractivity contribution is 14.0. The van der Waals surface area contributed by atoms with Crippen molar-refractivity contribution in [1.82, 2.24) is 10.6 Å². The number of aliphatic imine (C=N–C) groups is 1. The van der Waals surface area contributed by atoms with E-state index >= 15 is 0 Å². The zero-order chi connectivity index (χ0) is 19.2. The lowest BCUT2D eigenvalue weighted by Crippen LogP contribution is -2.44. The molecule has 0 aromatic heterocycles. The third-order valence-electron chi connectivity index (χ3n) is 4.83. The van der Waals surface area contributed by atoms with Crippen LogP contribution in [0.15, 0.2) is 53.5 Å². The number of nitrogens with zero attached hydrogens (tertiary/aromatic N) is 3. The standard InChI is InChI=1S/C21H28FN5.HI/c1-23-21(24-14-16-9-10-20(26(2)3)19(22)13-16)25-17-11-12-27(15-17)18-7-5-4-6-8-18;/h4-10,13,17H,11-12,14-15H2,1-3H3,(H2,23,24,25);1H. The molecule has 152 valence electrons. The van der Waals surface area contributed by atoms with Crippen molar-refractivity contribution in [3.63, 3.8) is 0 Å². The zero-order valence-electron chi connectivity index (χ0n) is 16.7. The Morgan fingerprint density at radius 3 is 2.61 bits per heavy atom. The summed E-state index contributed by atoms with van der Waals surface area (Å²) in [6.45, 7) is 2.49. The maximum Gasteiger partial charge on any atom is 0.191 e. The highest BCUT2D eigenvalue weighted by Gasteiger charge is 2.23. The molecule has 2 aromatic rings. The SMILES string of the molecule is CN=C(NCc1ccc(N(C)C)c(F)c1)NC1CCN(c2ccccc2)C1.I. The van der Waals surface area contributed by atoms with Gasteiger partial charge in [0.15, 0.2) is 5.96 Å². The summed E-state index contributed by atoms with van der Waals surface area (Å²) in [6.07, 6.45) is 1.06. The van der Waals surface area contributed by atoms with E-state index in [-0.39, 0.29) is 29.8 Å². The molecule has 3 rings (SSSR count). The van der Waals surface area contributed by atoms with Crippen molar-refractivity contribution >= 4 is 41.3 Å². The molecule has 1 aliphatic rings. The van der Waals surface area contributed by atoms with Gasteiger partial charge < -0.3 is 20.4 Å². The summed E-state index contributed by atoms with van der Waals surface area (Å²) in [5.74, 6) is 0.531. The van der Waals surface area contributed by atoms with E-state index in [9.17, 15) is 4.39 Å². The van der Waals surface area contributed by atoms with Crippen LogP contribution in [0.4, 0.5) is 15.8 Å². The van der Waals surface area contributed by atoms with Gasteiger partial charge in [-0.05, 0) is 36.2 Å². The Balaban J connectivity index is 0.00000280. The molecule has 2 N–H and O–H groups in total. The first-order chi connectivity index (χ1) is 13.1. The topological polar surface area (TPSA) is 42.9 Å². The van der Waals surface area contributed by atoms with E-state index in [0.29, 0.717) is 18.3 Å². The molecule has 7 heteroatoms. The first-order valence-corrected chi connectivity index (χ1v) is 9.29. The van der Waals surface area contributed by atoms with Crippen molar-refractivity contribution in [2.45, 2.75) is 19.0 Å². The maximum atomic E-state index is 14.1.